The second-order valence-electron chi connectivity index (χ2n) is 7.63. The van der Waals surface area contributed by atoms with Crippen LogP contribution in [0.1, 0.15) is 48.5 Å². The van der Waals surface area contributed by atoms with Crippen molar-refractivity contribution in [3.63, 3.8) is 0 Å². The Morgan fingerprint density at radius 2 is 2.07 bits per heavy atom. The number of fused-ring (bicyclic) bond motifs is 1. The zero-order valence-corrected chi connectivity index (χ0v) is 16.3. The molecule has 1 aromatic carbocycles. The topological polar surface area (TPSA) is 84.2 Å². The van der Waals surface area contributed by atoms with Crippen molar-refractivity contribution in [1.29, 1.82) is 0 Å². The average molecular weight is 378 g/mol. The molecule has 3 aromatic rings. The molecule has 0 unspecified atom stereocenters. The van der Waals surface area contributed by atoms with Crippen molar-refractivity contribution in [3.05, 3.63) is 53.9 Å². The van der Waals surface area contributed by atoms with Gasteiger partial charge in [0.2, 0.25) is 0 Å². The first-order chi connectivity index (χ1) is 13.5. The Labute approximate surface area is 164 Å². The van der Waals surface area contributed by atoms with Gasteiger partial charge in [0.05, 0.1) is 11.8 Å². The fourth-order valence-corrected chi connectivity index (χ4v) is 3.93. The van der Waals surface area contributed by atoms with Gasteiger partial charge in [0, 0.05) is 36.4 Å². The number of aromatic nitrogens is 2. The van der Waals surface area contributed by atoms with Crippen LogP contribution >= 0.6 is 0 Å². The Morgan fingerprint density at radius 1 is 1.29 bits per heavy atom. The van der Waals surface area contributed by atoms with Gasteiger partial charge < -0.3 is 20.4 Å². The van der Waals surface area contributed by atoms with Crippen molar-refractivity contribution in [2.45, 2.75) is 38.7 Å². The number of benzene rings is 1. The van der Waals surface area contributed by atoms with Crippen LogP contribution < -0.4 is 10.5 Å². The lowest BCUT2D eigenvalue weighted by Crippen LogP contribution is -2.37. The number of amides is 1. The number of pyridine rings is 1. The molecule has 1 aliphatic heterocycles. The largest absolute Gasteiger partial charge is 0.489 e. The lowest BCUT2D eigenvalue weighted by atomic mass is 9.89. The molecule has 3 heterocycles. The summed E-state index contributed by atoms with van der Waals surface area (Å²) in [6.07, 6.45) is 5.79. The van der Waals surface area contributed by atoms with Gasteiger partial charge in [-0.05, 0) is 68.5 Å². The van der Waals surface area contributed by atoms with Gasteiger partial charge in [0.1, 0.15) is 11.4 Å². The molecule has 146 valence electrons. The number of nitrogen functional groups attached to an aromatic ring is 1. The molecule has 1 saturated heterocycles. The second-order valence-corrected chi connectivity index (χ2v) is 7.63. The maximum atomic E-state index is 12.9. The number of nitrogens with two attached hydrogens (primary N) is 1. The molecule has 0 spiro atoms. The number of nitrogens with zero attached hydrogens (tertiary/aromatic N) is 2. The summed E-state index contributed by atoms with van der Waals surface area (Å²) < 4.78 is 5.66. The Bertz CT molecular complexity index is 987. The van der Waals surface area contributed by atoms with E-state index in [0.29, 0.717) is 22.9 Å². The fourth-order valence-electron chi connectivity index (χ4n) is 3.93. The highest BCUT2D eigenvalue weighted by Crippen LogP contribution is 2.33. The summed E-state index contributed by atoms with van der Waals surface area (Å²) in [5.74, 6) is 1.09. The molecule has 28 heavy (non-hydrogen) atoms. The monoisotopic (exact) mass is 378 g/mol. The molecular weight excluding hydrogens is 352 g/mol. The Kier molecular flexibility index (Phi) is 4.94. The lowest BCUT2D eigenvalue weighted by Gasteiger charge is -2.32. The summed E-state index contributed by atoms with van der Waals surface area (Å²) in [5, 5.41) is 1.18. The van der Waals surface area contributed by atoms with Gasteiger partial charge in [0.15, 0.2) is 0 Å². The minimum absolute atomic E-state index is 0.0295. The van der Waals surface area contributed by atoms with Crippen LogP contribution in [0.3, 0.4) is 0 Å². The number of H-pyrrole nitrogens is 1. The first-order valence-corrected chi connectivity index (χ1v) is 9.80. The van der Waals surface area contributed by atoms with Crippen LogP contribution in [0.25, 0.3) is 11.0 Å². The van der Waals surface area contributed by atoms with E-state index in [9.17, 15) is 4.79 Å². The normalized spacial score (nSPS) is 15.3. The van der Waals surface area contributed by atoms with Crippen LogP contribution in [0.2, 0.25) is 0 Å². The zero-order chi connectivity index (χ0) is 19.7. The first kappa shape index (κ1) is 18.3. The third-order valence-electron chi connectivity index (χ3n) is 5.32. The number of anilines is 1. The summed E-state index contributed by atoms with van der Waals surface area (Å²) in [7, 11) is 0. The molecule has 1 aliphatic rings. The molecule has 0 radical (unpaired) electrons. The van der Waals surface area contributed by atoms with Crippen molar-refractivity contribution >= 4 is 22.6 Å². The van der Waals surface area contributed by atoms with Gasteiger partial charge >= 0.3 is 0 Å². The molecule has 6 heteroatoms. The average Bonchev–Trinajstić information content (AvgIpc) is 3.13. The maximum Gasteiger partial charge on any atom is 0.253 e. The van der Waals surface area contributed by atoms with Gasteiger partial charge in [-0.1, -0.05) is 0 Å². The van der Waals surface area contributed by atoms with Gasteiger partial charge in [-0.3, -0.25) is 4.79 Å². The minimum atomic E-state index is 0.0295. The van der Waals surface area contributed by atoms with E-state index in [1.54, 1.807) is 24.4 Å². The smallest absolute Gasteiger partial charge is 0.253 e. The molecule has 0 saturated carbocycles. The molecule has 6 nitrogen and oxygen atoms in total. The van der Waals surface area contributed by atoms with E-state index in [-0.39, 0.29) is 12.0 Å². The van der Waals surface area contributed by atoms with E-state index in [2.05, 4.69) is 22.2 Å². The second kappa shape index (κ2) is 7.54. The number of carbonyl (C=O) groups is 1. The molecule has 0 aliphatic carbocycles. The van der Waals surface area contributed by atoms with Crippen molar-refractivity contribution in [2.75, 3.05) is 18.8 Å². The highest BCUT2D eigenvalue weighted by molar-refractivity contribution is 5.95. The molecule has 0 bridgehead atoms. The summed E-state index contributed by atoms with van der Waals surface area (Å²) >= 11 is 0. The summed E-state index contributed by atoms with van der Waals surface area (Å²) in [4.78, 5) is 22.4. The zero-order valence-electron chi connectivity index (χ0n) is 16.3. The number of nitrogens with one attached hydrogen (secondary N) is 1. The molecule has 0 atom stereocenters. The third-order valence-corrected chi connectivity index (χ3v) is 5.32. The van der Waals surface area contributed by atoms with Gasteiger partial charge in [-0.15, -0.1) is 0 Å². The molecule has 2 aromatic heterocycles. The third kappa shape index (κ3) is 3.54. The number of aromatic amines is 1. The molecule has 3 N–H and O–H groups in total. The van der Waals surface area contributed by atoms with E-state index >= 15 is 0 Å². The molecule has 4 rings (SSSR count). The van der Waals surface area contributed by atoms with Crippen molar-refractivity contribution in [1.82, 2.24) is 14.9 Å². The number of rotatable bonds is 4. The van der Waals surface area contributed by atoms with Crippen LogP contribution in [0, 0.1) is 0 Å². The summed E-state index contributed by atoms with van der Waals surface area (Å²) in [5.41, 5.74) is 9.41. The van der Waals surface area contributed by atoms with E-state index in [1.165, 1.54) is 10.9 Å². The SMILES string of the molecule is CC(C)Oc1ccc(C(=O)N2CCC(c3c[nH]c4ncccc34)CC2)cc1N. The molecule has 1 fully saturated rings. The summed E-state index contributed by atoms with van der Waals surface area (Å²) in [6, 6.07) is 9.38. The first-order valence-electron chi connectivity index (χ1n) is 9.80. The van der Waals surface area contributed by atoms with Gasteiger partial charge in [-0.25, -0.2) is 4.98 Å². The Morgan fingerprint density at radius 3 is 2.79 bits per heavy atom. The number of likely N-dealkylation sites (tertiary alicyclic amines) is 1. The number of piperidine rings is 1. The lowest BCUT2D eigenvalue weighted by molar-refractivity contribution is 0.0713. The van der Waals surface area contributed by atoms with Crippen LogP contribution in [-0.2, 0) is 0 Å². The number of ether oxygens (including phenoxy) is 1. The van der Waals surface area contributed by atoms with Gasteiger partial charge in [0.25, 0.3) is 5.91 Å². The predicted octanol–water partition coefficient (Wildman–Crippen LogP) is 3.95. The molecule has 1 amide bonds. The standard InChI is InChI=1S/C22H26N4O2/c1-14(2)28-20-6-5-16(12-19(20)23)22(27)26-10-7-15(8-11-26)18-13-25-21-17(18)4-3-9-24-21/h3-6,9,12-15H,7-8,10-11,23H2,1-2H3,(H,24,25). The molecular formula is C22H26N4O2. The van der Waals surface area contributed by atoms with Crippen LogP contribution in [-0.4, -0.2) is 40.0 Å². The van der Waals surface area contributed by atoms with Crippen molar-refractivity contribution in [3.8, 4) is 5.75 Å². The summed E-state index contributed by atoms with van der Waals surface area (Å²) in [6.45, 7) is 5.38. The Hall–Kier alpha value is -3.02. The highest BCUT2D eigenvalue weighted by Gasteiger charge is 2.26. The van der Waals surface area contributed by atoms with Crippen molar-refractivity contribution < 1.29 is 9.53 Å². The number of hydrogen-bond acceptors (Lipinski definition) is 4. The van der Waals surface area contributed by atoms with E-state index in [4.69, 9.17) is 10.5 Å². The minimum Gasteiger partial charge on any atom is -0.489 e. The highest BCUT2D eigenvalue weighted by atomic mass is 16.5. The van der Waals surface area contributed by atoms with Gasteiger partial charge in [-0.2, -0.15) is 0 Å². The predicted molar refractivity (Wildman–Crippen MR) is 111 cm³/mol. The quantitative estimate of drug-likeness (QED) is 0.673. The van der Waals surface area contributed by atoms with Crippen LogP contribution in [0.5, 0.6) is 5.75 Å². The maximum absolute atomic E-state index is 12.9. The van der Waals surface area contributed by atoms with E-state index in [0.717, 1.165) is 31.6 Å². The van der Waals surface area contributed by atoms with E-state index in [1.807, 2.05) is 24.8 Å². The van der Waals surface area contributed by atoms with Crippen LogP contribution in [0.15, 0.2) is 42.7 Å². The van der Waals surface area contributed by atoms with Crippen LogP contribution in [0.4, 0.5) is 5.69 Å². The van der Waals surface area contributed by atoms with Crippen molar-refractivity contribution in [2.24, 2.45) is 0 Å². The fraction of sp³-hybridized carbons (Fsp3) is 0.364. The Balaban J connectivity index is 1.43. The number of hydrogen-bond donors (Lipinski definition) is 2. The van der Waals surface area contributed by atoms with E-state index < -0.39 is 0 Å². The number of carbonyl (C=O) groups excluding carboxylic acids is 1.